The van der Waals surface area contributed by atoms with Gasteiger partial charge in [0.2, 0.25) is 11.8 Å². The van der Waals surface area contributed by atoms with Crippen LogP contribution in [-0.2, 0) is 22.6 Å². The van der Waals surface area contributed by atoms with Gasteiger partial charge in [-0.05, 0) is 45.2 Å². The van der Waals surface area contributed by atoms with Crippen LogP contribution in [0.25, 0.3) is 0 Å². The molecule has 1 aromatic heterocycles. The zero-order valence-electron chi connectivity index (χ0n) is 16.9. The number of amides is 2. The smallest absolute Gasteiger partial charge is 0.237 e. The van der Waals surface area contributed by atoms with Crippen molar-refractivity contribution in [3.8, 4) is 0 Å². The molecular formula is C20H30N6O2. The van der Waals surface area contributed by atoms with Crippen molar-refractivity contribution in [2.45, 2.75) is 51.6 Å². The maximum atomic E-state index is 12.9. The molecule has 0 unspecified atom stereocenters. The number of anilines is 1. The average molecular weight is 387 g/mol. The minimum Gasteiger partial charge on any atom is -0.373 e. The van der Waals surface area contributed by atoms with Crippen molar-refractivity contribution >= 4 is 17.6 Å². The van der Waals surface area contributed by atoms with Gasteiger partial charge in [-0.15, -0.1) is 0 Å². The lowest BCUT2D eigenvalue weighted by Gasteiger charge is -2.30. The van der Waals surface area contributed by atoms with Gasteiger partial charge in [0.05, 0.1) is 24.8 Å². The lowest BCUT2D eigenvalue weighted by Crippen LogP contribution is -2.40. The van der Waals surface area contributed by atoms with Crippen LogP contribution < -0.4 is 5.32 Å². The largest absolute Gasteiger partial charge is 0.373 e. The maximum Gasteiger partial charge on any atom is 0.237 e. The Bertz CT molecular complexity index is 761. The molecule has 1 atom stereocenters. The van der Waals surface area contributed by atoms with E-state index in [1.165, 1.54) is 12.8 Å². The Hall–Kier alpha value is -2.22. The lowest BCUT2D eigenvalue weighted by molar-refractivity contribution is -0.133. The predicted molar refractivity (Wildman–Crippen MR) is 106 cm³/mol. The van der Waals surface area contributed by atoms with E-state index in [4.69, 9.17) is 9.97 Å². The standard InChI is InChI=1S/C20H30N6O2/c1-14(27)25-11-7-15-16(12-25)22-20(23-19(15)21-2)17-6-5-10-26(17)18(28)13-24-8-3-4-9-24/h17H,3-13H2,1-2H3,(H,21,22,23)/t17-/m1/s1. The van der Waals surface area contributed by atoms with Gasteiger partial charge in [0.15, 0.2) is 5.82 Å². The molecular weight excluding hydrogens is 356 g/mol. The third-order valence-corrected chi connectivity index (χ3v) is 6.19. The van der Waals surface area contributed by atoms with Gasteiger partial charge in [-0.3, -0.25) is 14.5 Å². The molecule has 2 amide bonds. The van der Waals surface area contributed by atoms with Crippen molar-refractivity contribution in [3.63, 3.8) is 0 Å². The first-order valence-electron chi connectivity index (χ1n) is 10.4. The van der Waals surface area contributed by atoms with E-state index < -0.39 is 0 Å². The summed E-state index contributed by atoms with van der Waals surface area (Å²) in [6, 6.07) is -0.0693. The Morgan fingerprint density at radius 1 is 1.11 bits per heavy atom. The fraction of sp³-hybridized carbons (Fsp3) is 0.700. The number of rotatable bonds is 4. The van der Waals surface area contributed by atoms with Crippen LogP contribution in [-0.4, -0.2) is 76.3 Å². The molecule has 0 saturated carbocycles. The van der Waals surface area contributed by atoms with Crippen LogP contribution in [0.1, 0.15) is 55.7 Å². The summed E-state index contributed by atoms with van der Waals surface area (Å²) in [7, 11) is 1.87. The summed E-state index contributed by atoms with van der Waals surface area (Å²) in [5.41, 5.74) is 2.01. The molecule has 4 heterocycles. The summed E-state index contributed by atoms with van der Waals surface area (Å²) in [4.78, 5) is 40.4. The molecule has 0 spiro atoms. The van der Waals surface area contributed by atoms with Crippen molar-refractivity contribution in [2.75, 3.05) is 45.1 Å². The van der Waals surface area contributed by atoms with E-state index in [1.54, 1.807) is 6.92 Å². The molecule has 2 saturated heterocycles. The number of fused-ring (bicyclic) bond motifs is 1. The van der Waals surface area contributed by atoms with Gasteiger partial charge in [-0.25, -0.2) is 9.97 Å². The summed E-state index contributed by atoms with van der Waals surface area (Å²) in [5, 5.41) is 3.20. The number of carbonyl (C=O) groups is 2. The molecule has 1 N–H and O–H groups in total. The zero-order chi connectivity index (χ0) is 19.7. The fourth-order valence-electron chi connectivity index (χ4n) is 4.63. The average Bonchev–Trinajstić information content (AvgIpc) is 3.38. The predicted octanol–water partition coefficient (Wildman–Crippen LogP) is 1.18. The molecule has 3 aliphatic rings. The third kappa shape index (κ3) is 3.70. The summed E-state index contributed by atoms with van der Waals surface area (Å²) >= 11 is 0. The number of nitrogens with zero attached hydrogens (tertiary/aromatic N) is 5. The molecule has 8 heteroatoms. The zero-order valence-corrected chi connectivity index (χ0v) is 16.9. The highest BCUT2D eigenvalue weighted by Crippen LogP contribution is 2.33. The van der Waals surface area contributed by atoms with E-state index in [-0.39, 0.29) is 17.9 Å². The molecule has 28 heavy (non-hydrogen) atoms. The van der Waals surface area contributed by atoms with Crippen LogP contribution in [0, 0.1) is 0 Å². The summed E-state index contributed by atoms with van der Waals surface area (Å²) in [5.74, 6) is 1.80. The Balaban J connectivity index is 1.58. The lowest BCUT2D eigenvalue weighted by atomic mass is 10.0. The second-order valence-electron chi connectivity index (χ2n) is 8.02. The molecule has 0 aliphatic carbocycles. The van der Waals surface area contributed by atoms with Crippen molar-refractivity contribution in [1.82, 2.24) is 24.7 Å². The van der Waals surface area contributed by atoms with Gasteiger partial charge in [0.25, 0.3) is 0 Å². The highest BCUT2D eigenvalue weighted by molar-refractivity contribution is 5.79. The molecule has 0 bridgehead atoms. The molecule has 0 radical (unpaired) electrons. The van der Waals surface area contributed by atoms with E-state index >= 15 is 0 Å². The number of nitrogens with one attached hydrogen (secondary N) is 1. The second kappa shape index (κ2) is 8.03. The number of aromatic nitrogens is 2. The van der Waals surface area contributed by atoms with Crippen LogP contribution in [0.2, 0.25) is 0 Å². The molecule has 3 aliphatic heterocycles. The summed E-state index contributed by atoms with van der Waals surface area (Å²) < 4.78 is 0. The van der Waals surface area contributed by atoms with E-state index in [0.717, 1.165) is 56.0 Å². The van der Waals surface area contributed by atoms with Crippen LogP contribution in [0.15, 0.2) is 0 Å². The number of hydrogen-bond acceptors (Lipinski definition) is 6. The van der Waals surface area contributed by atoms with Gasteiger partial charge in [0, 0.05) is 32.6 Å². The molecule has 2 fully saturated rings. The third-order valence-electron chi connectivity index (χ3n) is 6.19. The van der Waals surface area contributed by atoms with E-state index in [1.807, 2.05) is 16.8 Å². The Kier molecular flexibility index (Phi) is 5.48. The molecule has 4 rings (SSSR count). The SMILES string of the molecule is CNc1nc([C@H]2CCCN2C(=O)CN2CCCC2)nc2c1CCN(C(C)=O)C2. The number of likely N-dealkylation sites (tertiary alicyclic amines) is 2. The number of hydrogen-bond donors (Lipinski definition) is 1. The molecule has 152 valence electrons. The van der Waals surface area contributed by atoms with Crippen molar-refractivity contribution in [1.29, 1.82) is 0 Å². The fourth-order valence-corrected chi connectivity index (χ4v) is 4.63. The van der Waals surface area contributed by atoms with Crippen molar-refractivity contribution < 1.29 is 9.59 Å². The highest BCUT2D eigenvalue weighted by Gasteiger charge is 2.34. The van der Waals surface area contributed by atoms with Crippen LogP contribution >= 0.6 is 0 Å². The van der Waals surface area contributed by atoms with Crippen LogP contribution in [0.4, 0.5) is 5.82 Å². The quantitative estimate of drug-likeness (QED) is 0.837. The number of carbonyl (C=O) groups excluding carboxylic acids is 2. The monoisotopic (exact) mass is 386 g/mol. The Morgan fingerprint density at radius 3 is 2.61 bits per heavy atom. The van der Waals surface area contributed by atoms with E-state index in [9.17, 15) is 9.59 Å². The van der Waals surface area contributed by atoms with Gasteiger partial charge in [0.1, 0.15) is 5.82 Å². The summed E-state index contributed by atoms with van der Waals surface area (Å²) in [6.07, 6.45) is 4.99. The second-order valence-corrected chi connectivity index (χ2v) is 8.02. The molecule has 8 nitrogen and oxygen atoms in total. The molecule has 1 aromatic rings. The van der Waals surface area contributed by atoms with E-state index in [2.05, 4.69) is 10.2 Å². The van der Waals surface area contributed by atoms with Crippen molar-refractivity contribution in [2.24, 2.45) is 0 Å². The van der Waals surface area contributed by atoms with Crippen LogP contribution in [0.3, 0.4) is 0 Å². The minimum absolute atomic E-state index is 0.0693. The van der Waals surface area contributed by atoms with Gasteiger partial charge >= 0.3 is 0 Å². The maximum absolute atomic E-state index is 12.9. The first-order valence-corrected chi connectivity index (χ1v) is 10.4. The van der Waals surface area contributed by atoms with Gasteiger partial charge in [-0.2, -0.15) is 0 Å². The summed E-state index contributed by atoms with van der Waals surface area (Å²) in [6.45, 7) is 6.12. The highest BCUT2D eigenvalue weighted by atomic mass is 16.2. The van der Waals surface area contributed by atoms with Crippen molar-refractivity contribution in [3.05, 3.63) is 17.1 Å². The first-order chi connectivity index (χ1) is 13.6. The van der Waals surface area contributed by atoms with E-state index in [0.29, 0.717) is 25.5 Å². The van der Waals surface area contributed by atoms with Gasteiger partial charge in [-0.1, -0.05) is 0 Å². The normalized spacial score (nSPS) is 22.4. The molecule has 0 aromatic carbocycles. The first kappa shape index (κ1) is 19.1. The van der Waals surface area contributed by atoms with Crippen LogP contribution in [0.5, 0.6) is 0 Å². The topological polar surface area (TPSA) is 81.7 Å². The Morgan fingerprint density at radius 2 is 1.89 bits per heavy atom. The Labute approximate surface area is 166 Å². The van der Waals surface area contributed by atoms with Gasteiger partial charge < -0.3 is 15.1 Å². The minimum atomic E-state index is -0.0693.